The van der Waals surface area contributed by atoms with Gasteiger partial charge in [-0.25, -0.2) is 0 Å². The lowest BCUT2D eigenvalue weighted by molar-refractivity contribution is -0.125. The lowest BCUT2D eigenvalue weighted by Gasteiger charge is -2.33. The molecule has 0 spiro atoms. The van der Waals surface area contributed by atoms with Crippen LogP contribution in [0.15, 0.2) is 48.5 Å². The Morgan fingerprint density at radius 2 is 1.96 bits per heavy atom. The molecule has 1 amide bonds. The van der Waals surface area contributed by atoms with Crippen LogP contribution in [0.4, 0.5) is 5.69 Å². The Hall–Kier alpha value is -2.33. The van der Waals surface area contributed by atoms with Crippen LogP contribution in [0.25, 0.3) is 0 Å². The minimum atomic E-state index is -0.459. The van der Waals surface area contributed by atoms with Gasteiger partial charge in [0.2, 0.25) is 0 Å². The summed E-state index contributed by atoms with van der Waals surface area (Å²) < 4.78 is 5.73. The summed E-state index contributed by atoms with van der Waals surface area (Å²) in [5.74, 6) is 0.741. The Bertz CT molecular complexity index is 698. The van der Waals surface area contributed by atoms with Gasteiger partial charge >= 0.3 is 0 Å². The molecule has 2 aromatic rings. The zero-order valence-electron chi connectivity index (χ0n) is 13.5. The molecule has 0 saturated heterocycles. The normalized spacial score (nSPS) is 18.3. The molecule has 2 atom stereocenters. The maximum atomic E-state index is 12.6. The fourth-order valence-electron chi connectivity index (χ4n) is 2.82. The molecule has 0 radical (unpaired) electrons. The lowest BCUT2D eigenvalue weighted by Crippen LogP contribution is -2.45. The molecule has 1 aliphatic rings. The van der Waals surface area contributed by atoms with Crippen LogP contribution in [0.2, 0.25) is 0 Å². The first-order valence-corrected chi connectivity index (χ1v) is 7.98. The van der Waals surface area contributed by atoms with Crippen LogP contribution in [0.3, 0.4) is 0 Å². The predicted molar refractivity (Wildman–Crippen MR) is 91.6 cm³/mol. The summed E-state index contributed by atoms with van der Waals surface area (Å²) in [6.07, 6.45) is 0.348. The highest BCUT2D eigenvalue weighted by atomic mass is 16.5. The molecule has 1 heterocycles. The number of nitrogens with zero attached hydrogens (tertiary/aromatic N) is 1. The first-order chi connectivity index (χ1) is 11.1. The Kier molecular flexibility index (Phi) is 4.35. The van der Waals surface area contributed by atoms with E-state index in [4.69, 9.17) is 10.5 Å². The van der Waals surface area contributed by atoms with Crippen molar-refractivity contribution in [2.75, 3.05) is 11.4 Å². The third-order valence-electron chi connectivity index (χ3n) is 4.18. The monoisotopic (exact) mass is 310 g/mol. The van der Waals surface area contributed by atoms with Gasteiger partial charge in [-0.3, -0.25) is 4.79 Å². The molecule has 0 fully saturated rings. The number of anilines is 1. The SMILES string of the molecule is CC1Oc2ccc(C(C)N)cc2N(CCc2ccccc2)C1=O. The van der Waals surface area contributed by atoms with Gasteiger partial charge in [-0.15, -0.1) is 0 Å². The first-order valence-electron chi connectivity index (χ1n) is 7.98. The first kappa shape index (κ1) is 15.6. The molecule has 1 aliphatic heterocycles. The minimum absolute atomic E-state index is 0.00439. The topological polar surface area (TPSA) is 55.6 Å². The number of fused-ring (bicyclic) bond motifs is 1. The molecule has 2 aromatic carbocycles. The van der Waals surface area contributed by atoms with Gasteiger partial charge in [0.1, 0.15) is 5.75 Å². The van der Waals surface area contributed by atoms with E-state index in [-0.39, 0.29) is 11.9 Å². The molecule has 2 N–H and O–H groups in total. The molecular formula is C19H22N2O2. The molecule has 0 aromatic heterocycles. The van der Waals surface area contributed by atoms with Gasteiger partial charge in [0.15, 0.2) is 6.10 Å². The number of carbonyl (C=O) groups is 1. The highest BCUT2D eigenvalue weighted by Crippen LogP contribution is 2.36. The maximum absolute atomic E-state index is 12.6. The average Bonchev–Trinajstić information content (AvgIpc) is 2.56. The van der Waals surface area contributed by atoms with E-state index in [0.717, 1.165) is 23.4 Å². The summed E-state index contributed by atoms with van der Waals surface area (Å²) >= 11 is 0. The van der Waals surface area contributed by atoms with E-state index in [1.54, 1.807) is 6.92 Å². The minimum Gasteiger partial charge on any atom is -0.479 e. The molecule has 0 bridgehead atoms. The molecule has 0 aliphatic carbocycles. The highest BCUT2D eigenvalue weighted by Gasteiger charge is 2.31. The summed E-state index contributed by atoms with van der Waals surface area (Å²) in [6.45, 7) is 4.36. The van der Waals surface area contributed by atoms with Crippen molar-refractivity contribution in [2.45, 2.75) is 32.4 Å². The van der Waals surface area contributed by atoms with Gasteiger partial charge in [0, 0.05) is 12.6 Å². The molecule has 0 saturated carbocycles. The summed E-state index contributed by atoms with van der Waals surface area (Å²) in [7, 11) is 0. The van der Waals surface area contributed by atoms with E-state index in [2.05, 4.69) is 12.1 Å². The largest absolute Gasteiger partial charge is 0.479 e. The Morgan fingerprint density at radius 3 is 2.65 bits per heavy atom. The summed E-state index contributed by atoms with van der Waals surface area (Å²) in [5, 5.41) is 0. The Balaban J connectivity index is 1.89. The second-order valence-corrected chi connectivity index (χ2v) is 6.00. The van der Waals surface area contributed by atoms with Gasteiger partial charge in [-0.05, 0) is 43.5 Å². The van der Waals surface area contributed by atoms with E-state index >= 15 is 0 Å². The van der Waals surface area contributed by atoms with Crippen molar-refractivity contribution >= 4 is 11.6 Å². The number of hydrogen-bond acceptors (Lipinski definition) is 3. The van der Waals surface area contributed by atoms with Gasteiger partial charge < -0.3 is 15.4 Å². The number of hydrogen-bond donors (Lipinski definition) is 1. The van der Waals surface area contributed by atoms with E-state index in [1.807, 2.05) is 48.2 Å². The van der Waals surface area contributed by atoms with Gasteiger partial charge in [0.25, 0.3) is 5.91 Å². The second kappa shape index (κ2) is 6.42. The predicted octanol–water partition coefficient (Wildman–Crippen LogP) is 3.06. The fraction of sp³-hybridized carbons (Fsp3) is 0.316. The van der Waals surface area contributed by atoms with Crippen molar-refractivity contribution in [1.29, 1.82) is 0 Å². The molecule has 4 heteroatoms. The fourth-order valence-corrected chi connectivity index (χ4v) is 2.82. The van der Waals surface area contributed by atoms with Crippen molar-refractivity contribution in [3.05, 3.63) is 59.7 Å². The zero-order valence-corrected chi connectivity index (χ0v) is 13.5. The molecule has 3 rings (SSSR count). The Morgan fingerprint density at radius 1 is 1.22 bits per heavy atom. The standard InChI is InChI=1S/C19H22N2O2/c1-13(20)16-8-9-18-17(12-16)21(19(22)14(2)23-18)11-10-15-6-4-3-5-7-15/h3-9,12-14H,10-11,20H2,1-2H3. The summed E-state index contributed by atoms with van der Waals surface area (Å²) in [6, 6.07) is 15.9. The molecule has 23 heavy (non-hydrogen) atoms. The van der Waals surface area contributed by atoms with Crippen LogP contribution in [-0.4, -0.2) is 18.6 Å². The smallest absolute Gasteiger partial charge is 0.267 e. The van der Waals surface area contributed by atoms with Crippen LogP contribution in [0.5, 0.6) is 5.75 Å². The third-order valence-corrected chi connectivity index (χ3v) is 4.18. The average molecular weight is 310 g/mol. The van der Waals surface area contributed by atoms with Crippen molar-refractivity contribution < 1.29 is 9.53 Å². The van der Waals surface area contributed by atoms with E-state index < -0.39 is 6.10 Å². The Labute approximate surface area is 136 Å². The number of rotatable bonds is 4. The van der Waals surface area contributed by atoms with Gasteiger partial charge in [0.05, 0.1) is 5.69 Å². The number of benzene rings is 2. The van der Waals surface area contributed by atoms with Crippen molar-refractivity contribution in [2.24, 2.45) is 5.73 Å². The second-order valence-electron chi connectivity index (χ2n) is 6.00. The molecular weight excluding hydrogens is 288 g/mol. The molecule has 4 nitrogen and oxygen atoms in total. The van der Waals surface area contributed by atoms with Crippen LogP contribution >= 0.6 is 0 Å². The number of nitrogens with two attached hydrogens (primary N) is 1. The molecule has 2 unspecified atom stereocenters. The lowest BCUT2D eigenvalue weighted by atomic mass is 10.0. The van der Waals surface area contributed by atoms with E-state index in [1.165, 1.54) is 5.56 Å². The summed E-state index contributed by atoms with van der Waals surface area (Å²) in [4.78, 5) is 14.4. The van der Waals surface area contributed by atoms with Crippen LogP contribution < -0.4 is 15.4 Å². The quantitative estimate of drug-likeness (QED) is 0.944. The van der Waals surface area contributed by atoms with Crippen molar-refractivity contribution in [1.82, 2.24) is 0 Å². The molecule has 120 valence electrons. The van der Waals surface area contributed by atoms with Crippen LogP contribution in [0.1, 0.15) is 31.0 Å². The van der Waals surface area contributed by atoms with Crippen molar-refractivity contribution in [3.63, 3.8) is 0 Å². The van der Waals surface area contributed by atoms with Gasteiger partial charge in [-0.1, -0.05) is 36.4 Å². The number of carbonyl (C=O) groups excluding carboxylic acids is 1. The number of amides is 1. The number of ether oxygens (including phenoxy) is 1. The maximum Gasteiger partial charge on any atom is 0.267 e. The van der Waals surface area contributed by atoms with Crippen LogP contribution in [0, 0.1) is 0 Å². The van der Waals surface area contributed by atoms with Gasteiger partial charge in [-0.2, -0.15) is 0 Å². The van der Waals surface area contributed by atoms with E-state index in [0.29, 0.717) is 6.54 Å². The van der Waals surface area contributed by atoms with E-state index in [9.17, 15) is 4.79 Å². The van der Waals surface area contributed by atoms with Crippen molar-refractivity contribution in [3.8, 4) is 5.75 Å². The highest BCUT2D eigenvalue weighted by molar-refractivity contribution is 5.99. The zero-order chi connectivity index (χ0) is 16.4. The van der Waals surface area contributed by atoms with Crippen LogP contribution in [-0.2, 0) is 11.2 Å². The third kappa shape index (κ3) is 3.22. The summed E-state index contributed by atoms with van der Waals surface area (Å²) in [5.41, 5.74) is 9.01.